The zero-order valence-corrected chi connectivity index (χ0v) is 16.7. The van der Waals surface area contributed by atoms with Crippen molar-refractivity contribution in [2.75, 3.05) is 13.7 Å². The molecule has 7 heteroatoms. The van der Waals surface area contributed by atoms with Crippen molar-refractivity contribution < 1.29 is 9.53 Å². The Bertz CT molecular complexity index is 837. The molecule has 148 valence electrons. The Balaban J connectivity index is 1.88. The number of hydrogen-bond acceptors (Lipinski definition) is 4. The van der Waals surface area contributed by atoms with Gasteiger partial charge >= 0.3 is 0 Å². The van der Waals surface area contributed by atoms with Crippen LogP contribution in [-0.2, 0) is 9.53 Å². The molecule has 28 heavy (non-hydrogen) atoms. The number of halogens is 1. The lowest BCUT2D eigenvalue weighted by Crippen LogP contribution is -2.41. The van der Waals surface area contributed by atoms with Crippen molar-refractivity contribution in [3.05, 3.63) is 82.5 Å². The summed E-state index contributed by atoms with van der Waals surface area (Å²) >= 11 is 6.22. The van der Waals surface area contributed by atoms with Crippen LogP contribution in [0, 0.1) is 0 Å². The van der Waals surface area contributed by atoms with Gasteiger partial charge in [0.1, 0.15) is 5.84 Å². The number of hydrazine groups is 1. The summed E-state index contributed by atoms with van der Waals surface area (Å²) in [5.41, 5.74) is 13.3. The quantitative estimate of drug-likeness (QED) is 0.288. The lowest BCUT2D eigenvalue weighted by molar-refractivity contribution is -0.117. The minimum atomic E-state index is -0.399. The number of aliphatic imine (C=N–C) groups is 1. The Morgan fingerprint density at radius 1 is 1.18 bits per heavy atom. The first-order chi connectivity index (χ1) is 13.5. The SMILES string of the molecule is CCC(OC/C(N)=C/C(=O)NN/C(=N\C)c1ccccc1)c1ccccc1Cl. The average Bonchev–Trinajstić information content (AvgIpc) is 2.71. The molecule has 0 heterocycles. The summed E-state index contributed by atoms with van der Waals surface area (Å²) in [6.07, 6.45) is 1.82. The third-order valence-corrected chi connectivity index (χ3v) is 4.31. The molecule has 0 saturated heterocycles. The van der Waals surface area contributed by atoms with Crippen LogP contribution >= 0.6 is 11.6 Å². The molecule has 1 atom stereocenters. The molecule has 6 nitrogen and oxygen atoms in total. The number of hydrogen-bond donors (Lipinski definition) is 3. The highest BCUT2D eigenvalue weighted by atomic mass is 35.5. The van der Waals surface area contributed by atoms with E-state index in [9.17, 15) is 4.79 Å². The lowest BCUT2D eigenvalue weighted by atomic mass is 10.1. The predicted octanol–water partition coefficient (Wildman–Crippen LogP) is 3.35. The van der Waals surface area contributed by atoms with Crippen LogP contribution in [0.1, 0.15) is 30.6 Å². The largest absolute Gasteiger partial charge is 0.400 e. The summed E-state index contributed by atoms with van der Waals surface area (Å²) in [4.78, 5) is 16.2. The van der Waals surface area contributed by atoms with E-state index in [2.05, 4.69) is 15.8 Å². The van der Waals surface area contributed by atoms with Gasteiger partial charge in [0.05, 0.1) is 12.7 Å². The van der Waals surface area contributed by atoms with Crippen molar-refractivity contribution in [2.45, 2.75) is 19.4 Å². The van der Waals surface area contributed by atoms with Crippen molar-refractivity contribution in [1.82, 2.24) is 10.9 Å². The van der Waals surface area contributed by atoms with Crippen LogP contribution in [0.25, 0.3) is 0 Å². The normalized spacial score (nSPS) is 13.1. The highest BCUT2D eigenvalue weighted by Gasteiger charge is 2.13. The number of nitrogens with zero attached hydrogens (tertiary/aromatic N) is 1. The number of nitrogens with two attached hydrogens (primary N) is 1. The van der Waals surface area contributed by atoms with Crippen LogP contribution in [0.4, 0.5) is 0 Å². The van der Waals surface area contributed by atoms with E-state index >= 15 is 0 Å². The summed E-state index contributed by atoms with van der Waals surface area (Å²) < 4.78 is 5.84. The number of carbonyl (C=O) groups is 1. The lowest BCUT2D eigenvalue weighted by Gasteiger charge is -2.18. The molecular weight excluding hydrogens is 376 g/mol. The van der Waals surface area contributed by atoms with Crippen LogP contribution in [0.5, 0.6) is 0 Å². The molecule has 0 aliphatic carbocycles. The minimum absolute atomic E-state index is 0.116. The summed E-state index contributed by atoms with van der Waals surface area (Å²) in [5, 5.41) is 0.645. The van der Waals surface area contributed by atoms with Crippen molar-refractivity contribution in [2.24, 2.45) is 10.7 Å². The summed E-state index contributed by atoms with van der Waals surface area (Å²) in [5.74, 6) is 0.144. The molecule has 0 bridgehead atoms. The first-order valence-corrected chi connectivity index (χ1v) is 9.33. The van der Waals surface area contributed by atoms with Crippen molar-refractivity contribution in [1.29, 1.82) is 0 Å². The van der Waals surface area contributed by atoms with Gasteiger partial charge in [0, 0.05) is 29.4 Å². The number of amidine groups is 1. The number of rotatable bonds is 7. The third-order valence-electron chi connectivity index (χ3n) is 3.97. The Hall–Kier alpha value is -2.83. The van der Waals surface area contributed by atoms with E-state index in [0.29, 0.717) is 16.6 Å². The molecule has 2 rings (SSSR count). The maximum atomic E-state index is 12.1. The third kappa shape index (κ3) is 6.40. The van der Waals surface area contributed by atoms with E-state index < -0.39 is 5.91 Å². The number of ether oxygens (including phenoxy) is 1. The van der Waals surface area contributed by atoms with Gasteiger partial charge in [0.25, 0.3) is 5.91 Å². The Morgan fingerprint density at radius 3 is 2.50 bits per heavy atom. The highest BCUT2D eigenvalue weighted by Crippen LogP contribution is 2.27. The maximum Gasteiger partial charge on any atom is 0.264 e. The Labute approximate surface area is 170 Å². The molecule has 0 saturated carbocycles. The number of benzene rings is 2. The summed E-state index contributed by atoms with van der Waals surface area (Å²) in [6.45, 7) is 2.12. The van der Waals surface area contributed by atoms with Gasteiger partial charge in [-0.05, 0) is 18.1 Å². The number of nitrogens with one attached hydrogen (secondary N) is 2. The van der Waals surface area contributed by atoms with E-state index in [1.165, 1.54) is 6.08 Å². The van der Waals surface area contributed by atoms with Crippen LogP contribution in [0.3, 0.4) is 0 Å². The first-order valence-electron chi connectivity index (χ1n) is 8.95. The molecule has 0 aliphatic rings. The molecular formula is C21H25ClN4O2. The zero-order chi connectivity index (χ0) is 20.4. The second-order valence-corrected chi connectivity index (χ2v) is 6.41. The van der Waals surface area contributed by atoms with Gasteiger partial charge in [0.15, 0.2) is 0 Å². The van der Waals surface area contributed by atoms with E-state index in [-0.39, 0.29) is 12.7 Å². The number of amides is 1. The van der Waals surface area contributed by atoms with Gasteiger partial charge in [-0.1, -0.05) is 67.1 Å². The van der Waals surface area contributed by atoms with Gasteiger partial charge < -0.3 is 10.5 Å². The predicted molar refractivity (Wildman–Crippen MR) is 113 cm³/mol. The van der Waals surface area contributed by atoms with E-state index in [1.807, 2.05) is 61.5 Å². The fourth-order valence-electron chi connectivity index (χ4n) is 2.58. The molecule has 2 aromatic rings. The molecule has 0 aromatic heterocycles. The summed E-state index contributed by atoms with van der Waals surface area (Å²) in [6, 6.07) is 17.0. The van der Waals surface area contributed by atoms with Crippen LogP contribution < -0.4 is 16.6 Å². The fraction of sp³-hybridized carbons (Fsp3) is 0.238. The van der Waals surface area contributed by atoms with Gasteiger partial charge in [-0.15, -0.1) is 0 Å². The standard InChI is InChI=1S/C21H25ClN4O2/c1-3-19(17-11-7-8-12-18(17)22)28-14-16(23)13-20(27)25-26-21(24-2)15-9-5-4-6-10-15/h4-13,19H,3,14,23H2,1-2H3,(H,24,26)(H,25,27)/b16-13-. The highest BCUT2D eigenvalue weighted by molar-refractivity contribution is 6.31. The second kappa shape index (κ2) is 11.1. The first kappa shape index (κ1) is 21.5. The monoisotopic (exact) mass is 400 g/mol. The zero-order valence-electron chi connectivity index (χ0n) is 16.0. The van der Waals surface area contributed by atoms with E-state index in [1.54, 1.807) is 7.05 Å². The molecule has 0 radical (unpaired) electrons. The second-order valence-electron chi connectivity index (χ2n) is 6.00. The van der Waals surface area contributed by atoms with Gasteiger partial charge in [-0.3, -0.25) is 20.6 Å². The number of carbonyl (C=O) groups excluding carboxylic acids is 1. The van der Waals surface area contributed by atoms with Gasteiger partial charge in [0.2, 0.25) is 0 Å². The average molecular weight is 401 g/mol. The minimum Gasteiger partial charge on any atom is -0.400 e. The van der Waals surface area contributed by atoms with Crippen LogP contribution in [-0.4, -0.2) is 25.4 Å². The smallest absolute Gasteiger partial charge is 0.264 e. The topological polar surface area (TPSA) is 88.7 Å². The van der Waals surface area contributed by atoms with Crippen LogP contribution in [0.2, 0.25) is 5.02 Å². The molecule has 2 aromatic carbocycles. The fourth-order valence-corrected chi connectivity index (χ4v) is 2.84. The van der Waals surface area contributed by atoms with Crippen LogP contribution in [0.15, 0.2) is 71.4 Å². The molecule has 0 spiro atoms. The van der Waals surface area contributed by atoms with Gasteiger partial charge in [-0.25, -0.2) is 0 Å². The molecule has 1 amide bonds. The van der Waals surface area contributed by atoms with Crippen molar-refractivity contribution in [3.63, 3.8) is 0 Å². The van der Waals surface area contributed by atoms with Crippen molar-refractivity contribution >= 4 is 23.3 Å². The van der Waals surface area contributed by atoms with E-state index in [4.69, 9.17) is 22.1 Å². The van der Waals surface area contributed by atoms with E-state index in [0.717, 1.165) is 17.5 Å². The van der Waals surface area contributed by atoms with Gasteiger partial charge in [-0.2, -0.15) is 0 Å². The molecule has 1 unspecified atom stereocenters. The molecule has 4 N–H and O–H groups in total. The molecule has 0 fully saturated rings. The molecule has 0 aliphatic heterocycles. The summed E-state index contributed by atoms with van der Waals surface area (Å²) in [7, 11) is 1.64. The Morgan fingerprint density at radius 2 is 1.86 bits per heavy atom. The van der Waals surface area contributed by atoms with Crippen molar-refractivity contribution in [3.8, 4) is 0 Å². The maximum absolute atomic E-state index is 12.1. The Kier molecular flexibility index (Phi) is 8.52.